The smallest absolute Gasteiger partial charge is 0.167 e. The molecule has 0 saturated carbocycles. The quantitative estimate of drug-likeness (QED) is 0.105. The Balaban J connectivity index is 1.05. The molecular formula is C67H52BN3O2. The van der Waals surface area contributed by atoms with E-state index in [2.05, 4.69) is 196 Å². The van der Waals surface area contributed by atoms with Gasteiger partial charge in [0.25, 0.3) is 0 Å². The van der Waals surface area contributed by atoms with E-state index in [9.17, 15) is 10.2 Å². The second-order valence-corrected chi connectivity index (χ2v) is 19.6. The summed E-state index contributed by atoms with van der Waals surface area (Å²) in [5.41, 5.74) is 21.2. The monoisotopic (exact) mass is 941 g/mol. The van der Waals surface area contributed by atoms with Crippen molar-refractivity contribution in [1.29, 1.82) is 0 Å². The van der Waals surface area contributed by atoms with Crippen molar-refractivity contribution in [3.8, 4) is 123 Å². The molecule has 2 N–H and O–H groups in total. The molecule has 8 aromatic carbocycles. The molecule has 0 amide bonds. The van der Waals surface area contributed by atoms with Crippen LogP contribution in [-0.2, 0) is 5.41 Å². The molecule has 0 aliphatic rings. The molecule has 0 aliphatic carbocycles. The van der Waals surface area contributed by atoms with Crippen molar-refractivity contribution in [3.05, 3.63) is 243 Å². The number of aromatic nitrogens is 3. The fourth-order valence-electron chi connectivity index (χ4n) is 9.96. The van der Waals surface area contributed by atoms with Crippen molar-refractivity contribution >= 4 is 13.3 Å². The lowest BCUT2D eigenvalue weighted by Gasteiger charge is -2.20. The van der Waals surface area contributed by atoms with Crippen molar-refractivity contribution in [1.82, 2.24) is 15.0 Å². The zero-order valence-electron chi connectivity index (χ0n) is 41.3. The largest absolute Gasteiger partial charge is 0.504 e. The maximum Gasteiger partial charge on any atom is 0.167 e. The van der Waals surface area contributed by atoms with E-state index in [1.54, 1.807) is 6.20 Å². The summed E-state index contributed by atoms with van der Waals surface area (Å²) in [7, 11) is 1.97. The fourth-order valence-corrected chi connectivity index (χ4v) is 9.96. The van der Waals surface area contributed by atoms with Crippen LogP contribution in [0.3, 0.4) is 0 Å². The molecule has 0 bridgehead atoms. The van der Waals surface area contributed by atoms with Gasteiger partial charge in [-0.2, -0.15) is 0 Å². The Kier molecular flexibility index (Phi) is 12.4. The topological polar surface area (TPSA) is 79.1 Å². The van der Waals surface area contributed by atoms with E-state index in [1.807, 2.05) is 68.8 Å². The van der Waals surface area contributed by atoms with Crippen LogP contribution in [-0.4, -0.2) is 33.0 Å². The van der Waals surface area contributed by atoms with Gasteiger partial charge in [0.15, 0.2) is 11.5 Å². The molecule has 5 nitrogen and oxygen atoms in total. The van der Waals surface area contributed by atoms with E-state index in [1.165, 1.54) is 5.56 Å². The average molecular weight is 942 g/mol. The predicted octanol–water partition coefficient (Wildman–Crippen LogP) is 15.5. The Labute approximate surface area is 428 Å². The Hall–Kier alpha value is -9.13. The highest BCUT2D eigenvalue weighted by Crippen LogP contribution is 2.46. The molecule has 0 fully saturated rings. The average Bonchev–Trinajstić information content (AvgIpc) is 3.44. The number of rotatable bonds is 10. The van der Waals surface area contributed by atoms with Gasteiger partial charge in [0.1, 0.15) is 7.85 Å². The Morgan fingerprint density at radius 3 is 1.27 bits per heavy atom. The molecule has 11 rings (SSSR count). The summed E-state index contributed by atoms with van der Waals surface area (Å²) in [6, 6.07) is 75.8. The number of phenols is 2. The summed E-state index contributed by atoms with van der Waals surface area (Å²) in [5.74, 6) is -0.393. The number of aromatic hydroxyl groups is 2. The lowest BCUT2D eigenvalue weighted by molar-refractivity contribution is 0.407. The van der Waals surface area contributed by atoms with Gasteiger partial charge in [-0.25, -0.2) is 0 Å². The van der Waals surface area contributed by atoms with Crippen molar-refractivity contribution in [2.75, 3.05) is 0 Å². The second kappa shape index (κ2) is 19.6. The minimum Gasteiger partial charge on any atom is -0.504 e. The summed E-state index contributed by atoms with van der Waals surface area (Å²) >= 11 is 0. The summed E-state index contributed by atoms with van der Waals surface area (Å²) in [4.78, 5) is 14.0. The molecule has 0 saturated heterocycles. The first-order chi connectivity index (χ1) is 35.6. The molecule has 0 atom stereocenters. The Bertz CT molecular complexity index is 3790. The summed E-state index contributed by atoms with van der Waals surface area (Å²) in [6.45, 7) is 6.68. The normalized spacial score (nSPS) is 11.4. The number of hydrogen-bond donors (Lipinski definition) is 2. The highest BCUT2D eigenvalue weighted by atomic mass is 16.3. The predicted molar refractivity (Wildman–Crippen MR) is 304 cm³/mol. The van der Waals surface area contributed by atoms with Gasteiger partial charge < -0.3 is 10.2 Å². The first-order valence-electron chi connectivity index (χ1n) is 24.7. The van der Waals surface area contributed by atoms with Crippen molar-refractivity contribution in [2.45, 2.75) is 26.2 Å². The van der Waals surface area contributed by atoms with Crippen LogP contribution in [0.5, 0.6) is 11.5 Å². The maximum absolute atomic E-state index is 11.9. The van der Waals surface area contributed by atoms with Crippen molar-refractivity contribution in [3.63, 3.8) is 0 Å². The third kappa shape index (κ3) is 9.35. The number of phenolic OH excluding ortho intramolecular Hbond substituents is 2. The van der Waals surface area contributed by atoms with Crippen molar-refractivity contribution < 1.29 is 10.2 Å². The zero-order chi connectivity index (χ0) is 50.1. The molecule has 11 aromatic rings. The van der Waals surface area contributed by atoms with Gasteiger partial charge in [-0.05, 0) is 138 Å². The molecule has 0 radical (unpaired) electrons. The van der Waals surface area contributed by atoms with Gasteiger partial charge in [0.05, 0.1) is 17.1 Å². The minimum atomic E-state index is -0.208. The highest BCUT2D eigenvalue weighted by molar-refractivity contribution is 6.37. The van der Waals surface area contributed by atoms with Crippen LogP contribution in [0.25, 0.3) is 112 Å². The van der Waals surface area contributed by atoms with Crippen LogP contribution >= 0.6 is 0 Å². The van der Waals surface area contributed by atoms with E-state index in [4.69, 9.17) is 9.97 Å². The third-order valence-corrected chi connectivity index (χ3v) is 13.8. The molecule has 3 heterocycles. The van der Waals surface area contributed by atoms with Crippen LogP contribution < -0.4 is 5.46 Å². The number of nitrogens with zero attached hydrogens (tertiary/aromatic N) is 3. The number of pyridine rings is 3. The van der Waals surface area contributed by atoms with Crippen LogP contribution in [0, 0.1) is 0 Å². The van der Waals surface area contributed by atoms with Gasteiger partial charge in [-0.3, -0.25) is 15.0 Å². The molecule has 0 spiro atoms. The molecule has 0 aliphatic heterocycles. The Morgan fingerprint density at radius 2 is 0.753 bits per heavy atom. The van der Waals surface area contributed by atoms with Crippen LogP contribution in [0.1, 0.15) is 26.3 Å². The standard InChI is InChI=1S/C67H52BN3O2/c1-67(2,3)52-33-36-71-63(41-52)47-30-26-45(27-31-47)54-18-8-10-20-56(54)50-37-49(38-51(39-50)57-21-11-12-22-58(57)64-60(68)42-59(65(72)66(64)73)61-23-13-14-34-69-61)55-19-9-7-17-53(55)44-24-28-46(29-25-44)62-40-48(32-35-70-62)43-15-5-4-6-16-43/h4-42,72-73H,68H2,1-3H3. The SMILES string of the molecule is Bc1cc(-c2ccccn2)c(O)c(O)c1-c1ccccc1-c1cc(-c2ccccc2-c2ccc(-c3cc(-c4ccccc4)ccn3)cc2)cc(-c2ccccc2-c2ccc(-c3cc(C(C)(C)C)ccn3)cc2)c1. The Morgan fingerprint density at radius 1 is 0.315 bits per heavy atom. The third-order valence-electron chi connectivity index (χ3n) is 13.8. The van der Waals surface area contributed by atoms with Gasteiger partial charge >= 0.3 is 0 Å². The first-order valence-corrected chi connectivity index (χ1v) is 24.7. The zero-order valence-corrected chi connectivity index (χ0v) is 41.3. The highest BCUT2D eigenvalue weighted by Gasteiger charge is 2.22. The van der Waals surface area contributed by atoms with Crippen LogP contribution in [0.4, 0.5) is 0 Å². The molecule has 0 unspecified atom stereocenters. The van der Waals surface area contributed by atoms with E-state index >= 15 is 0 Å². The van der Waals surface area contributed by atoms with Gasteiger partial charge in [0, 0.05) is 40.8 Å². The first kappa shape index (κ1) is 46.3. The van der Waals surface area contributed by atoms with E-state index in [0.717, 1.165) is 100 Å². The van der Waals surface area contributed by atoms with Gasteiger partial charge in [-0.15, -0.1) is 0 Å². The lowest BCUT2D eigenvalue weighted by atomic mass is 9.81. The molecule has 6 heteroatoms. The van der Waals surface area contributed by atoms with Crippen LogP contribution in [0.2, 0.25) is 0 Å². The van der Waals surface area contributed by atoms with Crippen molar-refractivity contribution in [2.24, 2.45) is 0 Å². The summed E-state index contributed by atoms with van der Waals surface area (Å²) < 4.78 is 0. The molecule has 350 valence electrons. The number of benzene rings is 8. The maximum atomic E-state index is 11.9. The van der Waals surface area contributed by atoms with Gasteiger partial charge in [0.2, 0.25) is 0 Å². The second-order valence-electron chi connectivity index (χ2n) is 19.6. The molecule has 73 heavy (non-hydrogen) atoms. The van der Waals surface area contributed by atoms with Gasteiger partial charge in [-0.1, -0.05) is 190 Å². The van der Waals surface area contributed by atoms with E-state index in [-0.39, 0.29) is 16.9 Å². The van der Waals surface area contributed by atoms with E-state index in [0.29, 0.717) is 16.8 Å². The lowest BCUT2D eigenvalue weighted by Crippen LogP contribution is -2.11. The summed E-state index contributed by atoms with van der Waals surface area (Å²) in [6.07, 6.45) is 5.47. The minimum absolute atomic E-state index is 0.00906. The fraction of sp³-hybridized carbons (Fsp3) is 0.0597. The molecular weight excluding hydrogens is 890 g/mol. The van der Waals surface area contributed by atoms with E-state index < -0.39 is 0 Å². The molecule has 3 aromatic heterocycles. The number of hydrogen-bond acceptors (Lipinski definition) is 5. The summed E-state index contributed by atoms with van der Waals surface area (Å²) in [5, 5.41) is 23.6. The van der Waals surface area contributed by atoms with Crippen LogP contribution in [0.15, 0.2) is 237 Å².